The van der Waals surface area contributed by atoms with E-state index < -0.39 is 0 Å². The fourth-order valence-corrected chi connectivity index (χ4v) is 1.61. The topological polar surface area (TPSA) is 28.2 Å². The van der Waals surface area contributed by atoms with Crippen LogP contribution in [0.1, 0.15) is 19.5 Å². The zero-order valence-electron chi connectivity index (χ0n) is 11.1. The normalized spacial score (nSPS) is 11.1. The van der Waals surface area contributed by atoms with Gasteiger partial charge in [-0.3, -0.25) is 9.88 Å². The number of hydrogen-bond acceptors (Lipinski definition) is 3. The van der Waals surface area contributed by atoms with Crippen molar-refractivity contribution in [3.05, 3.63) is 42.2 Å². The first-order valence-electron chi connectivity index (χ1n) is 6.06. The lowest BCUT2D eigenvalue weighted by Crippen LogP contribution is -2.29. The molecule has 94 valence electrons. The summed E-state index contributed by atoms with van der Waals surface area (Å²) < 4.78 is 0. The second kappa shape index (κ2) is 7.20. The molecule has 0 spiro atoms. The van der Waals surface area contributed by atoms with Crippen molar-refractivity contribution in [2.24, 2.45) is 0 Å². The quantitative estimate of drug-likeness (QED) is 0.731. The van der Waals surface area contributed by atoms with Crippen LogP contribution in [0.2, 0.25) is 0 Å². The van der Waals surface area contributed by atoms with Gasteiger partial charge in [-0.15, -0.1) is 0 Å². The molecule has 0 aromatic carbocycles. The third-order valence-corrected chi connectivity index (χ3v) is 2.41. The molecular formula is C14H23N3. The molecule has 0 radical (unpaired) electrons. The largest absolute Gasteiger partial charge is 0.311 e. The molecule has 17 heavy (non-hydrogen) atoms. The second-order valence-electron chi connectivity index (χ2n) is 4.78. The van der Waals surface area contributed by atoms with Crippen LogP contribution in [0.5, 0.6) is 0 Å². The van der Waals surface area contributed by atoms with Gasteiger partial charge < -0.3 is 5.32 Å². The van der Waals surface area contributed by atoms with E-state index in [1.165, 1.54) is 5.57 Å². The lowest BCUT2D eigenvalue weighted by atomic mass is 10.2. The predicted molar refractivity (Wildman–Crippen MR) is 72.8 cm³/mol. The summed E-state index contributed by atoms with van der Waals surface area (Å²) in [6, 6.07) is 6.51. The number of aromatic nitrogens is 1. The predicted octanol–water partition coefficient (Wildman–Crippen LogP) is 2.07. The number of hydrogen-bond donors (Lipinski definition) is 1. The molecule has 1 N–H and O–H groups in total. The zero-order valence-corrected chi connectivity index (χ0v) is 11.1. The van der Waals surface area contributed by atoms with E-state index in [1.54, 1.807) is 0 Å². The van der Waals surface area contributed by atoms with Crippen LogP contribution in [0, 0.1) is 0 Å². The maximum Gasteiger partial charge on any atom is 0.0543 e. The molecule has 0 unspecified atom stereocenters. The lowest BCUT2D eigenvalue weighted by molar-refractivity contribution is 0.347. The van der Waals surface area contributed by atoms with Crippen LogP contribution in [-0.2, 0) is 6.54 Å². The number of pyridine rings is 1. The molecule has 0 bridgehead atoms. The highest BCUT2D eigenvalue weighted by atomic mass is 15.1. The van der Waals surface area contributed by atoms with Gasteiger partial charge in [0, 0.05) is 31.9 Å². The van der Waals surface area contributed by atoms with Crippen LogP contribution in [-0.4, -0.2) is 36.1 Å². The van der Waals surface area contributed by atoms with E-state index in [0.717, 1.165) is 25.3 Å². The smallest absolute Gasteiger partial charge is 0.0543 e. The number of rotatable bonds is 7. The molecule has 0 atom stereocenters. The van der Waals surface area contributed by atoms with Crippen molar-refractivity contribution in [1.29, 1.82) is 0 Å². The first kappa shape index (κ1) is 13.9. The molecule has 0 fully saturated rings. The maximum absolute atomic E-state index is 4.31. The van der Waals surface area contributed by atoms with Gasteiger partial charge in [0.1, 0.15) is 0 Å². The Morgan fingerprint density at radius 1 is 1.47 bits per heavy atom. The summed E-state index contributed by atoms with van der Waals surface area (Å²) in [5.41, 5.74) is 2.30. The minimum absolute atomic E-state index is 0.507. The highest BCUT2D eigenvalue weighted by Gasteiger charge is 2.03. The Labute approximate surface area is 105 Å². The Morgan fingerprint density at radius 3 is 2.82 bits per heavy atom. The third kappa shape index (κ3) is 6.19. The number of likely N-dealkylation sites (N-methyl/N-ethyl adjacent to an activating group) is 1. The monoisotopic (exact) mass is 233 g/mol. The van der Waals surface area contributed by atoms with Crippen molar-refractivity contribution in [2.75, 3.05) is 20.1 Å². The van der Waals surface area contributed by atoms with E-state index in [9.17, 15) is 0 Å². The molecule has 1 heterocycles. The highest BCUT2D eigenvalue weighted by molar-refractivity contribution is 5.05. The van der Waals surface area contributed by atoms with E-state index in [1.807, 2.05) is 24.4 Å². The van der Waals surface area contributed by atoms with Gasteiger partial charge in [-0.05, 0) is 24.8 Å². The summed E-state index contributed by atoms with van der Waals surface area (Å²) >= 11 is 0. The highest BCUT2D eigenvalue weighted by Crippen LogP contribution is 2.01. The third-order valence-electron chi connectivity index (χ3n) is 2.41. The molecule has 1 aromatic rings. The lowest BCUT2D eigenvalue weighted by Gasteiger charge is -2.18. The summed E-state index contributed by atoms with van der Waals surface area (Å²) in [4.78, 5) is 6.54. The second-order valence-corrected chi connectivity index (χ2v) is 4.78. The number of nitrogens with zero attached hydrogens (tertiary/aromatic N) is 2. The Balaban J connectivity index is 2.29. The molecule has 3 heteroatoms. The van der Waals surface area contributed by atoms with Crippen LogP contribution in [0.4, 0.5) is 0 Å². The molecule has 0 aliphatic heterocycles. The van der Waals surface area contributed by atoms with Gasteiger partial charge in [-0.25, -0.2) is 0 Å². The molecule has 0 amide bonds. The molecular weight excluding hydrogens is 210 g/mol. The Hall–Kier alpha value is -1.19. The van der Waals surface area contributed by atoms with E-state index >= 15 is 0 Å². The number of nitrogens with one attached hydrogen (secondary N) is 1. The van der Waals surface area contributed by atoms with Gasteiger partial charge in [-0.1, -0.05) is 26.5 Å². The van der Waals surface area contributed by atoms with Crippen LogP contribution >= 0.6 is 0 Å². The fourth-order valence-electron chi connectivity index (χ4n) is 1.61. The molecule has 0 saturated heterocycles. The van der Waals surface area contributed by atoms with Crippen molar-refractivity contribution in [3.8, 4) is 0 Å². The molecule has 0 aliphatic rings. The van der Waals surface area contributed by atoms with Gasteiger partial charge in [0.2, 0.25) is 0 Å². The van der Waals surface area contributed by atoms with Crippen molar-refractivity contribution in [3.63, 3.8) is 0 Å². The van der Waals surface area contributed by atoms with E-state index in [-0.39, 0.29) is 0 Å². The summed E-state index contributed by atoms with van der Waals surface area (Å²) in [6.45, 7) is 11.0. The molecule has 0 saturated carbocycles. The van der Waals surface area contributed by atoms with Crippen molar-refractivity contribution in [1.82, 2.24) is 15.2 Å². The Kier molecular flexibility index (Phi) is 5.87. The van der Waals surface area contributed by atoms with Gasteiger partial charge in [-0.2, -0.15) is 0 Å². The standard InChI is InChI=1S/C14H23N3/c1-12(2)16-9-13(3)10-17(4)11-14-7-5-6-8-15-14/h5-8,12,16H,3,9-11H2,1-2,4H3. The SMILES string of the molecule is C=C(CNC(C)C)CN(C)Cc1ccccn1. The minimum Gasteiger partial charge on any atom is -0.311 e. The molecule has 1 aromatic heterocycles. The van der Waals surface area contributed by atoms with E-state index in [2.05, 4.69) is 42.7 Å². The first-order valence-corrected chi connectivity index (χ1v) is 6.06. The average Bonchev–Trinajstić information content (AvgIpc) is 2.27. The molecule has 3 nitrogen and oxygen atoms in total. The maximum atomic E-state index is 4.31. The first-order chi connectivity index (χ1) is 8.08. The Bertz CT molecular complexity index is 333. The van der Waals surface area contributed by atoms with E-state index in [0.29, 0.717) is 6.04 Å². The van der Waals surface area contributed by atoms with E-state index in [4.69, 9.17) is 0 Å². The average molecular weight is 233 g/mol. The van der Waals surface area contributed by atoms with Crippen LogP contribution in [0.25, 0.3) is 0 Å². The van der Waals surface area contributed by atoms with Gasteiger partial charge >= 0.3 is 0 Å². The summed E-state index contributed by atoms with van der Waals surface area (Å²) in [5.74, 6) is 0. The summed E-state index contributed by atoms with van der Waals surface area (Å²) in [5, 5.41) is 3.37. The van der Waals surface area contributed by atoms with Crippen molar-refractivity contribution < 1.29 is 0 Å². The van der Waals surface area contributed by atoms with Crippen molar-refractivity contribution >= 4 is 0 Å². The van der Waals surface area contributed by atoms with Crippen LogP contribution < -0.4 is 5.32 Å². The zero-order chi connectivity index (χ0) is 12.7. The van der Waals surface area contributed by atoms with Crippen molar-refractivity contribution in [2.45, 2.75) is 26.4 Å². The fraction of sp³-hybridized carbons (Fsp3) is 0.500. The van der Waals surface area contributed by atoms with Gasteiger partial charge in [0.05, 0.1) is 5.69 Å². The molecule has 0 aliphatic carbocycles. The van der Waals surface area contributed by atoms with Crippen LogP contribution in [0.3, 0.4) is 0 Å². The Morgan fingerprint density at radius 2 is 2.24 bits per heavy atom. The van der Waals surface area contributed by atoms with Crippen LogP contribution in [0.15, 0.2) is 36.5 Å². The molecule has 1 rings (SSSR count). The van der Waals surface area contributed by atoms with Gasteiger partial charge in [0.15, 0.2) is 0 Å². The van der Waals surface area contributed by atoms with Gasteiger partial charge in [0.25, 0.3) is 0 Å². The minimum atomic E-state index is 0.507. The summed E-state index contributed by atoms with van der Waals surface area (Å²) in [7, 11) is 2.09. The summed E-state index contributed by atoms with van der Waals surface area (Å²) in [6.07, 6.45) is 1.83.